The van der Waals surface area contributed by atoms with Gasteiger partial charge in [0, 0.05) is 32.3 Å². The lowest BCUT2D eigenvalue weighted by atomic mass is 9.78. The summed E-state index contributed by atoms with van der Waals surface area (Å²) in [5.41, 5.74) is 6.67. The van der Waals surface area contributed by atoms with Crippen molar-refractivity contribution in [2.45, 2.75) is 0 Å². The quantitative estimate of drug-likeness (QED) is 0.260. The van der Waals surface area contributed by atoms with Crippen molar-refractivity contribution in [1.82, 2.24) is 0 Å². The van der Waals surface area contributed by atoms with Crippen molar-refractivity contribution in [2.75, 3.05) is 0 Å². The fourth-order valence-corrected chi connectivity index (χ4v) is 4.67. The van der Waals surface area contributed by atoms with Crippen LogP contribution in [0.25, 0.3) is 22.3 Å². The van der Waals surface area contributed by atoms with E-state index >= 15 is 0 Å². The number of benzene rings is 4. The highest BCUT2D eigenvalue weighted by molar-refractivity contribution is 7.81. The third-order valence-corrected chi connectivity index (χ3v) is 6.29. The number of thiocarbonyl (C=S) groups is 1. The predicted octanol–water partition coefficient (Wildman–Crippen LogP) is 7.64. The van der Waals surface area contributed by atoms with E-state index in [2.05, 4.69) is 0 Å². The summed E-state index contributed by atoms with van der Waals surface area (Å²) in [5.74, 6) is -0.0137. The van der Waals surface area contributed by atoms with Crippen molar-refractivity contribution >= 4 is 46.1 Å². The minimum absolute atomic E-state index is 0.0137. The first kappa shape index (κ1) is 19.2. The molecule has 1 aliphatic carbocycles. The summed E-state index contributed by atoms with van der Waals surface area (Å²) >= 11 is 18.1. The van der Waals surface area contributed by atoms with E-state index in [9.17, 15) is 4.79 Å². The molecule has 0 heterocycles. The van der Waals surface area contributed by atoms with Crippen LogP contribution in [0.4, 0.5) is 0 Å². The van der Waals surface area contributed by atoms with Gasteiger partial charge in [0.05, 0.1) is 4.86 Å². The van der Waals surface area contributed by atoms with Gasteiger partial charge in [0.1, 0.15) is 0 Å². The lowest BCUT2D eigenvalue weighted by Crippen LogP contribution is -2.22. The molecule has 0 radical (unpaired) electrons. The average Bonchev–Trinajstić information content (AvgIpc) is 2.77. The van der Waals surface area contributed by atoms with Crippen molar-refractivity contribution in [2.24, 2.45) is 0 Å². The summed E-state index contributed by atoms with van der Waals surface area (Å²) < 4.78 is 0. The molecular weight excluding hydrogens is 431 g/mol. The molecule has 5 rings (SSSR count). The van der Waals surface area contributed by atoms with Crippen LogP contribution < -0.4 is 0 Å². The van der Waals surface area contributed by atoms with Gasteiger partial charge in [-0.15, -0.1) is 0 Å². The zero-order valence-electron chi connectivity index (χ0n) is 15.7. The van der Waals surface area contributed by atoms with Gasteiger partial charge in [-0.05, 0) is 46.5 Å². The molecule has 0 atom stereocenters. The molecule has 0 saturated carbocycles. The average molecular weight is 445 g/mol. The van der Waals surface area contributed by atoms with Crippen LogP contribution >= 0.6 is 35.4 Å². The van der Waals surface area contributed by atoms with Gasteiger partial charge in [0.15, 0.2) is 5.78 Å². The second-order valence-corrected chi connectivity index (χ2v) is 8.41. The van der Waals surface area contributed by atoms with Crippen molar-refractivity contribution in [3.63, 3.8) is 0 Å². The molecule has 1 aliphatic rings. The van der Waals surface area contributed by atoms with Crippen LogP contribution in [0.5, 0.6) is 0 Å². The van der Waals surface area contributed by atoms with Crippen LogP contribution in [0, 0.1) is 0 Å². The Labute approximate surface area is 189 Å². The van der Waals surface area contributed by atoms with E-state index in [0.717, 1.165) is 33.4 Å². The van der Waals surface area contributed by atoms with E-state index in [1.54, 1.807) is 0 Å². The predicted molar refractivity (Wildman–Crippen MR) is 128 cm³/mol. The van der Waals surface area contributed by atoms with E-state index in [0.29, 0.717) is 26.0 Å². The van der Waals surface area contributed by atoms with E-state index in [4.69, 9.17) is 35.4 Å². The van der Waals surface area contributed by atoms with Crippen LogP contribution in [0.1, 0.15) is 27.0 Å². The summed E-state index contributed by atoms with van der Waals surface area (Å²) in [4.78, 5) is 14.1. The number of hydrogen-bond donors (Lipinski definition) is 0. The molecule has 0 N–H and O–H groups in total. The van der Waals surface area contributed by atoms with E-state index in [-0.39, 0.29) is 5.78 Å². The minimum Gasteiger partial charge on any atom is -0.289 e. The lowest BCUT2D eigenvalue weighted by Gasteiger charge is -2.25. The van der Waals surface area contributed by atoms with Crippen LogP contribution in [-0.2, 0) is 0 Å². The molecule has 0 amide bonds. The molecule has 144 valence electrons. The maximum absolute atomic E-state index is 13.4. The normalized spacial score (nSPS) is 12.5. The molecule has 0 spiro atoms. The van der Waals surface area contributed by atoms with E-state index < -0.39 is 0 Å². The number of carbonyl (C=O) groups is 1. The molecule has 4 aromatic rings. The molecule has 1 nitrogen and oxygen atoms in total. The van der Waals surface area contributed by atoms with Gasteiger partial charge < -0.3 is 0 Å². The molecule has 0 fully saturated rings. The fraction of sp³-hybridized carbons (Fsp3) is 0. The molecular formula is C26H14Cl2OS. The zero-order chi connectivity index (χ0) is 20.8. The molecule has 4 heteroatoms. The maximum atomic E-state index is 13.4. The third kappa shape index (κ3) is 3.09. The van der Waals surface area contributed by atoms with Gasteiger partial charge in [-0.2, -0.15) is 0 Å². The van der Waals surface area contributed by atoms with Crippen molar-refractivity contribution < 1.29 is 4.79 Å². The summed E-state index contributed by atoms with van der Waals surface area (Å²) in [6.07, 6.45) is 0. The maximum Gasteiger partial charge on any atom is 0.194 e. The highest BCUT2D eigenvalue weighted by Crippen LogP contribution is 2.39. The van der Waals surface area contributed by atoms with E-state index in [1.807, 2.05) is 84.9 Å². The first-order valence-electron chi connectivity index (χ1n) is 9.42. The van der Waals surface area contributed by atoms with Gasteiger partial charge in [-0.25, -0.2) is 0 Å². The van der Waals surface area contributed by atoms with Crippen LogP contribution in [0.2, 0.25) is 10.0 Å². The number of ketones is 1. The van der Waals surface area contributed by atoms with Gasteiger partial charge in [0.25, 0.3) is 0 Å². The molecule has 0 aromatic heterocycles. The SMILES string of the molecule is O=C1c2cccc(-c3ccc(Cl)cc3)c2C(=S)c2c1cccc2-c1ccc(Cl)cc1. The van der Waals surface area contributed by atoms with Crippen molar-refractivity contribution in [1.29, 1.82) is 0 Å². The molecule has 0 aliphatic heterocycles. The summed E-state index contributed by atoms with van der Waals surface area (Å²) in [6, 6.07) is 26.7. The van der Waals surface area contributed by atoms with E-state index in [1.165, 1.54) is 0 Å². The number of halogens is 2. The molecule has 30 heavy (non-hydrogen) atoms. The first-order valence-corrected chi connectivity index (χ1v) is 10.6. The number of hydrogen-bond acceptors (Lipinski definition) is 2. The van der Waals surface area contributed by atoms with Crippen LogP contribution in [-0.4, -0.2) is 10.6 Å². The highest BCUT2D eigenvalue weighted by atomic mass is 35.5. The third-order valence-electron chi connectivity index (χ3n) is 5.38. The molecule has 0 saturated heterocycles. The number of rotatable bonds is 2. The van der Waals surface area contributed by atoms with Crippen molar-refractivity contribution in [3.05, 3.63) is 117 Å². The Balaban J connectivity index is 1.75. The molecule has 0 unspecified atom stereocenters. The summed E-state index contributed by atoms with van der Waals surface area (Å²) in [5, 5.41) is 1.33. The Hall–Kier alpha value is -2.78. The Kier molecular flexibility index (Phi) is 4.79. The van der Waals surface area contributed by atoms with Crippen LogP contribution in [0.15, 0.2) is 84.9 Å². The standard InChI is InChI=1S/C26H14Cl2OS/c27-17-11-7-15(8-12-17)19-3-1-5-21-23(19)26(30)24-20(4-2-6-22(24)25(21)29)16-9-13-18(28)14-10-16/h1-14H. The minimum atomic E-state index is -0.0137. The highest BCUT2D eigenvalue weighted by Gasteiger charge is 2.31. The fourth-order valence-electron chi connectivity index (χ4n) is 3.98. The Morgan fingerprint density at radius 3 is 1.30 bits per heavy atom. The second-order valence-electron chi connectivity index (χ2n) is 7.13. The Morgan fingerprint density at radius 2 is 0.900 bits per heavy atom. The van der Waals surface area contributed by atoms with Gasteiger partial charge >= 0.3 is 0 Å². The van der Waals surface area contributed by atoms with Gasteiger partial charge in [-0.3, -0.25) is 4.79 Å². The van der Waals surface area contributed by atoms with Gasteiger partial charge in [-0.1, -0.05) is 96.1 Å². The summed E-state index contributed by atoms with van der Waals surface area (Å²) in [7, 11) is 0. The first-order chi connectivity index (χ1) is 14.5. The molecule has 4 aromatic carbocycles. The van der Waals surface area contributed by atoms with Crippen LogP contribution in [0.3, 0.4) is 0 Å². The number of carbonyl (C=O) groups excluding carboxylic acids is 1. The monoisotopic (exact) mass is 444 g/mol. The van der Waals surface area contributed by atoms with Gasteiger partial charge in [0.2, 0.25) is 0 Å². The lowest BCUT2D eigenvalue weighted by molar-refractivity contribution is 0.103. The Morgan fingerprint density at radius 1 is 0.533 bits per heavy atom. The second kappa shape index (κ2) is 7.48. The topological polar surface area (TPSA) is 17.1 Å². The zero-order valence-corrected chi connectivity index (χ0v) is 18.0. The van der Waals surface area contributed by atoms with Crippen molar-refractivity contribution in [3.8, 4) is 22.3 Å². The Bertz CT molecular complexity index is 1220. The molecule has 0 bridgehead atoms. The smallest absolute Gasteiger partial charge is 0.194 e. The summed E-state index contributed by atoms with van der Waals surface area (Å²) in [6.45, 7) is 0. The largest absolute Gasteiger partial charge is 0.289 e. The number of fused-ring (bicyclic) bond motifs is 2.